The van der Waals surface area contributed by atoms with Crippen molar-refractivity contribution >= 4 is 11.8 Å². The lowest BCUT2D eigenvalue weighted by Gasteiger charge is -2.60. The Labute approximate surface area is 221 Å². The highest BCUT2D eigenvalue weighted by atomic mass is 16.2. The Hall–Kier alpha value is -2.88. The van der Waals surface area contributed by atoms with Gasteiger partial charge in [0.05, 0.1) is 6.04 Å². The maximum Gasteiger partial charge on any atom is 0.257 e. The molecule has 1 heterocycles. The molecule has 194 valence electrons. The van der Waals surface area contributed by atoms with E-state index in [1.165, 1.54) is 32.1 Å². The Morgan fingerprint density at radius 1 is 0.946 bits per heavy atom. The lowest BCUT2D eigenvalue weighted by Crippen LogP contribution is -2.62. The third kappa shape index (κ3) is 4.04. The van der Waals surface area contributed by atoms with Gasteiger partial charge in [0.1, 0.15) is 5.57 Å². The summed E-state index contributed by atoms with van der Waals surface area (Å²) in [5.41, 5.74) is 2.56. The average Bonchev–Trinajstić information content (AvgIpc) is 3.30. The molecule has 2 unspecified atom stereocenters. The zero-order chi connectivity index (χ0) is 25.8. The van der Waals surface area contributed by atoms with Crippen LogP contribution >= 0.6 is 0 Å². The van der Waals surface area contributed by atoms with Gasteiger partial charge in [-0.1, -0.05) is 93.9 Å². The van der Waals surface area contributed by atoms with Crippen molar-refractivity contribution in [2.75, 3.05) is 0 Å². The van der Waals surface area contributed by atoms with E-state index in [0.717, 1.165) is 23.5 Å². The van der Waals surface area contributed by atoms with Crippen molar-refractivity contribution in [3.8, 4) is 0 Å². The van der Waals surface area contributed by atoms with Gasteiger partial charge in [0.15, 0.2) is 0 Å². The topological polar surface area (TPSA) is 58.2 Å². The van der Waals surface area contributed by atoms with Crippen LogP contribution in [0, 0.1) is 34.5 Å². The van der Waals surface area contributed by atoms with E-state index in [1.807, 2.05) is 60.7 Å². The molecule has 7 atom stereocenters. The van der Waals surface area contributed by atoms with Gasteiger partial charge in [0.25, 0.3) is 11.8 Å². The van der Waals surface area contributed by atoms with Crippen molar-refractivity contribution in [1.29, 1.82) is 0 Å². The third-order valence-electron chi connectivity index (χ3n) is 10.7. The molecule has 1 aliphatic heterocycles. The maximum absolute atomic E-state index is 13.8. The molecule has 0 saturated heterocycles. The molecule has 4 heteroatoms. The van der Waals surface area contributed by atoms with E-state index in [4.69, 9.17) is 0 Å². The predicted molar refractivity (Wildman–Crippen MR) is 146 cm³/mol. The summed E-state index contributed by atoms with van der Waals surface area (Å²) < 4.78 is 0. The van der Waals surface area contributed by atoms with Crippen LogP contribution in [0.15, 0.2) is 72.3 Å². The van der Waals surface area contributed by atoms with Crippen LogP contribution in [0.25, 0.3) is 0 Å². The van der Waals surface area contributed by atoms with Crippen LogP contribution < -0.4 is 10.6 Å². The number of carbonyl (C=O) groups is 2. The number of hydrogen-bond donors (Lipinski definition) is 2. The summed E-state index contributed by atoms with van der Waals surface area (Å²) in [6.45, 7) is 7.24. The fraction of sp³-hybridized carbons (Fsp3) is 0.515. The summed E-state index contributed by atoms with van der Waals surface area (Å²) in [6.07, 6.45) is 9.57. The molecule has 2 aromatic rings. The van der Waals surface area contributed by atoms with Gasteiger partial charge in [0, 0.05) is 11.5 Å². The van der Waals surface area contributed by atoms with Gasteiger partial charge in [-0.15, -0.1) is 0 Å². The van der Waals surface area contributed by atoms with Crippen LogP contribution in [0.5, 0.6) is 0 Å². The first-order valence-electron chi connectivity index (χ1n) is 14.2. The molecular weight excluding hydrogens is 456 g/mol. The molecular formula is C33H40N2O2. The smallest absolute Gasteiger partial charge is 0.257 e. The van der Waals surface area contributed by atoms with E-state index >= 15 is 0 Å². The number of rotatable bonds is 4. The van der Waals surface area contributed by atoms with Gasteiger partial charge < -0.3 is 10.6 Å². The van der Waals surface area contributed by atoms with Crippen molar-refractivity contribution in [2.45, 2.75) is 71.4 Å². The van der Waals surface area contributed by atoms with Gasteiger partial charge in [-0.05, 0) is 72.3 Å². The van der Waals surface area contributed by atoms with Crippen LogP contribution in [0.4, 0.5) is 0 Å². The Kier molecular flexibility index (Phi) is 6.05. The highest BCUT2D eigenvalue weighted by Crippen LogP contribution is 2.64. The number of nitrogens with one attached hydrogen (secondary N) is 2. The Balaban J connectivity index is 1.33. The van der Waals surface area contributed by atoms with Gasteiger partial charge >= 0.3 is 0 Å². The summed E-state index contributed by atoms with van der Waals surface area (Å²) in [7, 11) is 0. The Bertz CT molecular complexity index is 1170. The first-order chi connectivity index (χ1) is 17.8. The van der Waals surface area contributed by atoms with Gasteiger partial charge in [-0.3, -0.25) is 9.59 Å². The number of amides is 2. The van der Waals surface area contributed by atoms with Crippen LogP contribution in [0.1, 0.15) is 76.5 Å². The molecule has 3 aliphatic carbocycles. The molecule has 0 bridgehead atoms. The minimum atomic E-state index is -0.317. The van der Waals surface area contributed by atoms with E-state index in [9.17, 15) is 9.59 Å². The van der Waals surface area contributed by atoms with Crippen molar-refractivity contribution in [2.24, 2.45) is 34.5 Å². The Morgan fingerprint density at radius 3 is 2.24 bits per heavy atom. The SMILES string of the molecule is CC1CC2NC(=O)C(C(=O)NC(c3ccccc3)c3ccccc3)=C[C@]2(C)[C@@H]2CC[C@]3(C)CCC[C@H]3[C@H]12. The third-order valence-corrected chi connectivity index (χ3v) is 10.7. The summed E-state index contributed by atoms with van der Waals surface area (Å²) in [6, 6.07) is 19.8. The van der Waals surface area contributed by atoms with E-state index in [-0.39, 0.29) is 34.9 Å². The lowest BCUT2D eigenvalue weighted by molar-refractivity contribution is -0.130. The maximum atomic E-state index is 13.8. The molecule has 6 rings (SSSR count). The normalized spacial score (nSPS) is 36.6. The zero-order valence-electron chi connectivity index (χ0n) is 22.4. The zero-order valence-corrected chi connectivity index (χ0v) is 22.4. The summed E-state index contributed by atoms with van der Waals surface area (Å²) >= 11 is 0. The van der Waals surface area contributed by atoms with Gasteiger partial charge in [-0.25, -0.2) is 0 Å². The van der Waals surface area contributed by atoms with E-state index in [1.54, 1.807) is 0 Å². The standard InChI is InChI=1S/C33H40N2O2/c1-21-19-27-33(3,26-16-18-32(2)17-10-15-25(32)28(21)26)20-24(30(36)34-27)31(37)35-29(22-11-6-4-7-12-22)23-13-8-5-9-14-23/h4-9,11-14,20-21,25-29H,10,15-19H2,1-3H3,(H,34,36)(H,35,37)/t21?,25-,26+,27?,28-,32-,33+/m0/s1. The number of carbonyl (C=O) groups excluding carboxylic acids is 2. The summed E-state index contributed by atoms with van der Waals surface area (Å²) in [4.78, 5) is 27.1. The minimum Gasteiger partial charge on any atom is -0.348 e. The first kappa shape index (κ1) is 24.5. The average molecular weight is 497 g/mol. The van der Waals surface area contributed by atoms with Crippen molar-refractivity contribution in [3.05, 3.63) is 83.4 Å². The van der Waals surface area contributed by atoms with Crippen LogP contribution in [-0.2, 0) is 9.59 Å². The quantitative estimate of drug-likeness (QED) is 0.496. The number of hydrogen-bond acceptors (Lipinski definition) is 2. The van der Waals surface area contributed by atoms with E-state index in [0.29, 0.717) is 23.2 Å². The molecule has 4 aliphatic rings. The second-order valence-corrected chi connectivity index (χ2v) is 12.8. The number of fused-ring (bicyclic) bond motifs is 5. The molecule has 0 spiro atoms. The highest BCUT2D eigenvalue weighted by molar-refractivity contribution is 6.19. The fourth-order valence-electron chi connectivity index (χ4n) is 8.81. The molecule has 3 fully saturated rings. The van der Waals surface area contributed by atoms with Crippen molar-refractivity contribution in [3.63, 3.8) is 0 Å². The fourth-order valence-corrected chi connectivity index (χ4v) is 8.81. The Morgan fingerprint density at radius 2 is 1.59 bits per heavy atom. The molecule has 37 heavy (non-hydrogen) atoms. The molecule has 0 radical (unpaired) electrons. The van der Waals surface area contributed by atoms with Crippen LogP contribution in [0.3, 0.4) is 0 Å². The van der Waals surface area contributed by atoms with Crippen molar-refractivity contribution in [1.82, 2.24) is 10.6 Å². The molecule has 2 amide bonds. The second kappa shape index (κ2) is 9.15. The van der Waals surface area contributed by atoms with E-state index < -0.39 is 0 Å². The van der Waals surface area contributed by atoms with E-state index in [2.05, 4.69) is 37.5 Å². The van der Waals surface area contributed by atoms with Gasteiger partial charge in [0.2, 0.25) is 0 Å². The van der Waals surface area contributed by atoms with Gasteiger partial charge in [-0.2, -0.15) is 0 Å². The summed E-state index contributed by atoms with van der Waals surface area (Å²) in [5.74, 6) is 2.01. The second-order valence-electron chi connectivity index (χ2n) is 12.8. The highest BCUT2D eigenvalue weighted by Gasteiger charge is 2.60. The predicted octanol–water partition coefficient (Wildman–Crippen LogP) is 6.20. The largest absolute Gasteiger partial charge is 0.348 e. The lowest BCUT2D eigenvalue weighted by atomic mass is 9.46. The van der Waals surface area contributed by atoms with Crippen LogP contribution in [-0.4, -0.2) is 17.9 Å². The minimum absolute atomic E-state index is 0.0950. The molecule has 0 aromatic heterocycles. The van der Waals surface area contributed by atoms with Crippen molar-refractivity contribution < 1.29 is 9.59 Å². The molecule has 2 aromatic carbocycles. The van der Waals surface area contributed by atoms with Crippen LogP contribution in [0.2, 0.25) is 0 Å². The molecule has 4 nitrogen and oxygen atoms in total. The monoisotopic (exact) mass is 496 g/mol. The molecule has 2 N–H and O–H groups in total. The molecule has 3 saturated carbocycles. The summed E-state index contributed by atoms with van der Waals surface area (Å²) in [5, 5.41) is 6.53. The first-order valence-corrected chi connectivity index (χ1v) is 14.2. The number of benzene rings is 2.